The predicted molar refractivity (Wildman–Crippen MR) is 76.0 cm³/mol. The van der Waals surface area contributed by atoms with Gasteiger partial charge in [-0.15, -0.1) is 0 Å². The molecule has 0 spiro atoms. The first-order valence-corrected chi connectivity index (χ1v) is 7.15. The van der Waals surface area contributed by atoms with Crippen LogP contribution in [0.25, 0.3) is 0 Å². The summed E-state index contributed by atoms with van der Waals surface area (Å²) in [7, 11) is 2.24. The van der Waals surface area contributed by atoms with E-state index in [1.165, 1.54) is 18.5 Å². The molecule has 17 heavy (non-hydrogen) atoms. The van der Waals surface area contributed by atoms with Crippen LogP contribution in [0.1, 0.15) is 18.9 Å². The second kappa shape index (κ2) is 5.98. The molecule has 2 rings (SSSR count). The summed E-state index contributed by atoms with van der Waals surface area (Å²) in [6.07, 6.45) is 1.27. The molecule has 1 aliphatic heterocycles. The SMILES string of the molecule is CCC1CNCC1N(C)Cc1ccc(Br)cc1. The van der Waals surface area contributed by atoms with Crippen LogP contribution in [0, 0.1) is 5.92 Å². The fourth-order valence-corrected chi connectivity index (χ4v) is 2.91. The van der Waals surface area contributed by atoms with E-state index in [0.29, 0.717) is 6.04 Å². The second-order valence-electron chi connectivity index (χ2n) is 4.94. The quantitative estimate of drug-likeness (QED) is 0.919. The Morgan fingerprint density at radius 1 is 1.29 bits per heavy atom. The molecule has 0 aliphatic carbocycles. The molecule has 3 heteroatoms. The molecule has 2 unspecified atom stereocenters. The van der Waals surface area contributed by atoms with Crippen molar-refractivity contribution in [3.63, 3.8) is 0 Å². The first-order chi connectivity index (χ1) is 8.20. The molecule has 1 fully saturated rings. The van der Waals surface area contributed by atoms with E-state index in [4.69, 9.17) is 0 Å². The Morgan fingerprint density at radius 3 is 2.65 bits per heavy atom. The number of benzene rings is 1. The largest absolute Gasteiger partial charge is 0.315 e. The van der Waals surface area contributed by atoms with Crippen LogP contribution in [0.5, 0.6) is 0 Å². The highest BCUT2D eigenvalue weighted by molar-refractivity contribution is 9.10. The van der Waals surface area contributed by atoms with Crippen molar-refractivity contribution in [2.45, 2.75) is 25.9 Å². The lowest BCUT2D eigenvalue weighted by molar-refractivity contribution is 0.201. The van der Waals surface area contributed by atoms with E-state index < -0.39 is 0 Å². The van der Waals surface area contributed by atoms with E-state index in [1.807, 2.05) is 0 Å². The molecule has 1 saturated heterocycles. The van der Waals surface area contributed by atoms with Crippen LogP contribution >= 0.6 is 15.9 Å². The highest BCUT2D eigenvalue weighted by Crippen LogP contribution is 2.20. The van der Waals surface area contributed by atoms with Crippen molar-refractivity contribution in [1.29, 1.82) is 0 Å². The van der Waals surface area contributed by atoms with E-state index in [9.17, 15) is 0 Å². The zero-order chi connectivity index (χ0) is 12.3. The third kappa shape index (κ3) is 3.30. The Bertz CT molecular complexity index is 350. The Balaban J connectivity index is 1.96. The van der Waals surface area contributed by atoms with Crippen LogP contribution in [-0.2, 0) is 6.54 Å². The Hall–Kier alpha value is -0.380. The van der Waals surface area contributed by atoms with Crippen molar-refractivity contribution in [2.75, 3.05) is 20.1 Å². The van der Waals surface area contributed by atoms with Crippen molar-refractivity contribution >= 4 is 15.9 Å². The van der Waals surface area contributed by atoms with Crippen LogP contribution in [0.3, 0.4) is 0 Å². The molecule has 1 aromatic carbocycles. The first-order valence-electron chi connectivity index (χ1n) is 6.36. The third-order valence-corrected chi connectivity index (χ3v) is 4.27. The molecule has 0 radical (unpaired) electrons. The van der Waals surface area contributed by atoms with Crippen molar-refractivity contribution < 1.29 is 0 Å². The van der Waals surface area contributed by atoms with Gasteiger partial charge in [0.25, 0.3) is 0 Å². The Kier molecular flexibility index (Phi) is 4.60. The molecular formula is C14H21BrN2. The van der Waals surface area contributed by atoms with Crippen LogP contribution in [0.15, 0.2) is 28.7 Å². The molecular weight excluding hydrogens is 276 g/mol. The summed E-state index contributed by atoms with van der Waals surface area (Å²) >= 11 is 3.48. The zero-order valence-electron chi connectivity index (χ0n) is 10.6. The van der Waals surface area contributed by atoms with E-state index in [1.54, 1.807) is 0 Å². The molecule has 1 N–H and O–H groups in total. The summed E-state index contributed by atoms with van der Waals surface area (Å²) in [4.78, 5) is 2.48. The molecule has 1 aliphatic rings. The molecule has 0 aromatic heterocycles. The zero-order valence-corrected chi connectivity index (χ0v) is 12.2. The van der Waals surface area contributed by atoms with Gasteiger partial charge in [-0.2, -0.15) is 0 Å². The van der Waals surface area contributed by atoms with Crippen molar-refractivity contribution in [3.8, 4) is 0 Å². The second-order valence-corrected chi connectivity index (χ2v) is 5.85. The van der Waals surface area contributed by atoms with Gasteiger partial charge in [0, 0.05) is 23.6 Å². The van der Waals surface area contributed by atoms with Crippen molar-refractivity contribution in [1.82, 2.24) is 10.2 Å². The minimum atomic E-state index is 0.684. The highest BCUT2D eigenvalue weighted by atomic mass is 79.9. The number of likely N-dealkylation sites (N-methyl/N-ethyl adjacent to an activating group) is 1. The molecule has 1 aromatic rings. The fraction of sp³-hybridized carbons (Fsp3) is 0.571. The molecule has 94 valence electrons. The topological polar surface area (TPSA) is 15.3 Å². The summed E-state index contributed by atoms with van der Waals surface area (Å²) in [6.45, 7) is 5.63. The van der Waals surface area contributed by atoms with Crippen molar-refractivity contribution in [3.05, 3.63) is 34.3 Å². The number of halogens is 1. The molecule has 0 amide bonds. The average molecular weight is 297 g/mol. The maximum atomic E-state index is 3.50. The normalized spacial score (nSPS) is 24.5. The lowest BCUT2D eigenvalue weighted by atomic mass is 9.99. The number of rotatable bonds is 4. The van der Waals surface area contributed by atoms with E-state index >= 15 is 0 Å². The summed E-state index contributed by atoms with van der Waals surface area (Å²) in [5, 5.41) is 3.50. The van der Waals surface area contributed by atoms with Crippen LogP contribution in [-0.4, -0.2) is 31.1 Å². The summed E-state index contributed by atoms with van der Waals surface area (Å²) in [5.74, 6) is 0.801. The fourth-order valence-electron chi connectivity index (χ4n) is 2.65. The van der Waals surface area contributed by atoms with Gasteiger partial charge in [-0.05, 0) is 37.2 Å². The highest BCUT2D eigenvalue weighted by Gasteiger charge is 2.28. The monoisotopic (exact) mass is 296 g/mol. The van der Waals surface area contributed by atoms with Gasteiger partial charge in [0.15, 0.2) is 0 Å². The smallest absolute Gasteiger partial charge is 0.0261 e. The number of hydrogen-bond acceptors (Lipinski definition) is 2. The summed E-state index contributed by atoms with van der Waals surface area (Å²) in [6, 6.07) is 9.32. The van der Waals surface area contributed by atoms with Gasteiger partial charge < -0.3 is 5.32 Å². The van der Waals surface area contributed by atoms with Crippen LogP contribution < -0.4 is 5.32 Å². The standard InChI is InChI=1S/C14H21BrN2/c1-3-12-8-16-9-14(12)17(2)10-11-4-6-13(15)7-5-11/h4-7,12,14,16H,3,8-10H2,1-2H3. The summed E-state index contributed by atoms with van der Waals surface area (Å²) < 4.78 is 1.15. The van der Waals surface area contributed by atoms with E-state index in [-0.39, 0.29) is 0 Å². The number of nitrogens with one attached hydrogen (secondary N) is 1. The van der Waals surface area contributed by atoms with Gasteiger partial charge >= 0.3 is 0 Å². The first kappa shape index (κ1) is 13.1. The lowest BCUT2D eigenvalue weighted by Crippen LogP contribution is -2.37. The molecule has 1 heterocycles. The third-order valence-electron chi connectivity index (χ3n) is 3.74. The number of hydrogen-bond donors (Lipinski definition) is 1. The van der Waals surface area contributed by atoms with Gasteiger partial charge in [-0.3, -0.25) is 4.90 Å². The maximum absolute atomic E-state index is 3.50. The van der Waals surface area contributed by atoms with Gasteiger partial charge in [0.2, 0.25) is 0 Å². The predicted octanol–water partition coefficient (Wildman–Crippen LogP) is 2.88. The van der Waals surface area contributed by atoms with E-state index in [2.05, 4.69) is 64.4 Å². The minimum Gasteiger partial charge on any atom is -0.315 e. The van der Waals surface area contributed by atoms with Gasteiger partial charge in [-0.25, -0.2) is 0 Å². The number of nitrogens with zero attached hydrogens (tertiary/aromatic N) is 1. The van der Waals surface area contributed by atoms with Gasteiger partial charge in [0.1, 0.15) is 0 Å². The van der Waals surface area contributed by atoms with E-state index in [0.717, 1.165) is 23.5 Å². The maximum Gasteiger partial charge on any atom is 0.0261 e. The molecule has 0 saturated carbocycles. The van der Waals surface area contributed by atoms with Gasteiger partial charge in [0.05, 0.1) is 0 Å². The van der Waals surface area contributed by atoms with Crippen LogP contribution in [0.4, 0.5) is 0 Å². The van der Waals surface area contributed by atoms with Crippen LogP contribution in [0.2, 0.25) is 0 Å². The molecule has 0 bridgehead atoms. The Labute approximate surface area is 113 Å². The average Bonchev–Trinajstić information content (AvgIpc) is 2.80. The molecule has 2 atom stereocenters. The van der Waals surface area contributed by atoms with Gasteiger partial charge in [-0.1, -0.05) is 41.4 Å². The lowest BCUT2D eigenvalue weighted by Gasteiger charge is -2.28. The molecule has 2 nitrogen and oxygen atoms in total. The van der Waals surface area contributed by atoms with Crippen molar-refractivity contribution in [2.24, 2.45) is 5.92 Å². The minimum absolute atomic E-state index is 0.684. The Morgan fingerprint density at radius 2 is 2.00 bits per heavy atom. The summed E-state index contributed by atoms with van der Waals surface area (Å²) in [5.41, 5.74) is 1.39.